The van der Waals surface area contributed by atoms with Gasteiger partial charge in [0, 0.05) is 17.7 Å². The highest BCUT2D eigenvalue weighted by Gasteiger charge is 2.21. The molecule has 1 heterocycles. The van der Waals surface area contributed by atoms with Gasteiger partial charge in [-0.1, -0.05) is 42.8 Å². The summed E-state index contributed by atoms with van der Waals surface area (Å²) >= 11 is 5.98. The number of rotatable bonds is 6. The molecule has 0 aliphatic carbocycles. The first kappa shape index (κ1) is 20.1. The van der Waals surface area contributed by atoms with Crippen LogP contribution in [-0.2, 0) is 16.3 Å². The van der Waals surface area contributed by atoms with E-state index in [2.05, 4.69) is 10.3 Å². The average Bonchev–Trinajstić information content (AvgIpc) is 3.16. The van der Waals surface area contributed by atoms with Gasteiger partial charge in [0.2, 0.25) is 0 Å². The van der Waals surface area contributed by atoms with Crippen LogP contribution in [0.4, 0.5) is 0 Å². The minimum Gasteiger partial charge on any atom is -0.448 e. The topological polar surface area (TPSA) is 89.3 Å². The van der Waals surface area contributed by atoms with E-state index in [1.165, 1.54) is 12.3 Å². The molecular weight excluding hydrogens is 400 g/mol. The Morgan fingerprint density at radius 2 is 1.89 bits per heavy atom. The van der Waals surface area contributed by atoms with E-state index < -0.39 is 21.8 Å². The van der Waals surface area contributed by atoms with Crippen molar-refractivity contribution in [3.63, 3.8) is 0 Å². The highest BCUT2D eigenvalue weighted by molar-refractivity contribution is 7.90. The highest BCUT2D eigenvalue weighted by Crippen LogP contribution is 2.26. The first-order valence-electron chi connectivity index (χ1n) is 8.58. The van der Waals surface area contributed by atoms with Gasteiger partial charge >= 0.3 is 0 Å². The van der Waals surface area contributed by atoms with Crippen molar-refractivity contribution in [1.82, 2.24) is 10.3 Å². The predicted molar refractivity (Wildman–Crippen MR) is 106 cm³/mol. The molecule has 146 valence electrons. The third kappa shape index (κ3) is 4.61. The molecule has 8 heteroatoms. The number of carbonyl (C=O) groups excluding carboxylic acids is 1. The molecule has 0 saturated carbocycles. The van der Waals surface area contributed by atoms with Crippen molar-refractivity contribution in [2.24, 2.45) is 0 Å². The number of oxazole rings is 1. The zero-order valence-electron chi connectivity index (χ0n) is 15.3. The normalized spacial score (nSPS) is 12.5. The van der Waals surface area contributed by atoms with Crippen molar-refractivity contribution >= 4 is 27.3 Å². The number of amides is 1. The lowest BCUT2D eigenvalue weighted by Crippen LogP contribution is -2.29. The van der Waals surface area contributed by atoms with E-state index in [-0.39, 0.29) is 10.6 Å². The summed E-state index contributed by atoms with van der Waals surface area (Å²) in [6.45, 7) is 1.88. The molecule has 1 amide bonds. The zero-order chi connectivity index (χ0) is 20.3. The van der Waals surface area contributed by atoms with Crippen molar-refractivity contribution < 1.29 is 17.6 Å². The van der Waals surface area contributed by atoms with Gasteiger partial charge in [0.25, 0.3) is 5.91 Å². The maximum atomic E-state index is 12.7. The largest absolute Gasteiger partial charge is 0.448 e. The molecular formula is C20H19ClN2O4S. The summed E-state index contributed by atoms with van der Waals surface area (Å²) in [6.07, 6.45) is 3.02. The van der Waals surface area contributed by atoms with Crippen LogP contribution in [0.3, 0.4) is 0 Å². The molecule has 0 radical (unpaired) electrons. The molecule has 0 aliphatic rings. The molecule has 28 heavy (non-hydrogen) atoms. The minimum absolute atomic E-state index is 0.162. The fourth-order valence-electron chi connectivity index (χ4n) is 2.72. The number of benzene rings is 2. The van der Waals surface area contributed by atoms with Crippen molar-refractivity contribution in [1.29, 1.82) is 0 Å². The van der Waals surface area contributed by atoms with Gasteiger partial charge in [-0.3, -0.25) is 4.79 Å². The number of aryl methyl sites for hydroxylation is 1. The Morgan fingerprint density at radius 1 is 1.18 bits per heavy atom. The van der Waals surface area contributed by atoms with E-state index >= 15 is 0 Å². The molecule has 0 bridgehead atoms. The molecule has 1 N–H and O–H groups in total. The quantitative estimate of drug-likeness (QED) is 0.657. The monoisotopic (exact) mass is 418 g/mol. The Kier molecular flexibility index (Phi) is 5.86. The Balaban J connectivity index is 2.00. The first-order valence-corrected chi connectivity index (χ1v) is 10.9. The predicted octanol–water partition coefficient (Wildman–Crippen LogP) is 3.81. The van der Waals surface area contributed by atoms with Gasteiger partial charge in [-0.25, -0.2) is 13.4 Å². The highest BCUT2D eigenvalue weighted by atomic mass is 35.5. The summed E-state index contributed by atoms with van der Waals surface area (Å²) < 4.78 is 29.1. The summed E-state index contributed by atoms with van der Waals surface area (Å²) in [7, 11) is -3.39. The number of nitrogens with one attached hydrogen (secondary N) is 1. The summed E-state index contributed by atoms with van der Waals surface area (Å²) in [6, 6.07) is 12.9. The van der Waals surface area contributed by atoms with E-state index in [9.17, 15) is 13.2 Å². The molecule has 1 atom stereocenters. The van der Waals surface area contributed by atoms with Crippen molar-refractivity contribution in [2.45, 2.75) is 24.3 Å². The number of sulfone groups is 1. The number of hydrogen-bond donors (Lipinski definition) is 1. The van der Waals surface area contributed by atoms with E-state index in [0.717, 1.165) is 11.8 Å². The van der Waals surface area contributed by atoms with Crippen LogP contribution in [0.25, 0.3) is 0 Å². The molecule has 3 aromatic rings. The molecule has 1 aromatic heterocycles. The van der Waals surface area contributed by atoms with Crippen LogP contribution >= 0.6 is 11.6 Å². The van der Waals surface area contributed by atoms with Gasteiger partial charge in [0.1, 0.15) is 6.26 Å². The molecule has 6 nitrogen and oxygen atoms in total. The molecule has 0 spiro atoms. The van der Waals surface area contributed by atoms with Crippen LogP contribution in [0, 0.1) is 0 Å². The Labute approximate surface area is 168 Å². The van der Waals surface area contributed by atoms with Gasteiger partial charge in [-0.15, -0.1) is 0 Å². The van der Waals surface area contributed by atoms with E-state index in [1.807, 2.05) is 6.92 Å². The van der Waals surface area contributed by atoms with Gasteiger partial charge in [0.05, 0.1) is 10.9 Å². The second-order valence-corrected chi connectivity index (χ2v) is 8.73. The lowest BCUT2D eigenvalue weighted by atomic mass is 9.98. The number of carbonyl (C=O) groups is 1. The summed E-state index contributed by atoms with van der Waals surface area (Å²) in [4.78, 5) is 17.0. The fourth-order valence-corrected chi connectivity index (χ4v) is 3.52. The lowest BCUT2D eigenvalue weighted by Gasteiger charge is -2.20. The second kappa shape index (κ2) is 8.16. The number of halogens is 1. The summed E-state index contributed by atoms with van der Waals surface area (Å²) in [5.74, 6) is 0.0421. The van der Waals surface area contributed by atoms with Crippen LogP contribution < -0.4 is 5.32 Å². The Hall–Kier alpha value is -2.64. The molecule has 0 saturated heterocycles. The van der Waals surface area contributed by atoms with Gasteiger partial charge in [-0.2, -0.15) is 0 Å². The van der Waals surface area contributed by atoms with Crippen LogP contribution in [0.5, 0.6) is 0 Å². The second-order valence-electron chi connectivity index (χ2n) is 6.28. The molecule has 2 aromatic carbocycles. The molecule has 0 fully saturated rings. The standard InChI is InChI=1S/C20H19ClN2O4S/c1-3-18-22-17(12-27-18)20(24)23-19(13-7-9-15(21)10-8-13)14-5-4-6-16(11-14)28(2,25)26/h4-12,19H,3H2,1-2H3,(H,23,24)/t19-/m0/s1. The summed E-state index contributed by atoms with van der Waals surface area (Å²) in [5, 5.41) is 3.46. The minimum atomic E-state index is -3.39. The lowest BCUT2D eigenvalue weighted by molar-refractivity contribution is 0.0938. The van der Waals surface area contributed by atoms with Crippen LogP contribution in [0.1, 0.15) is 40.5 Å². The Morgan fingerprint density at radius 3 is 2.50 bits per heavy atom. The molecule has 0 unspecified atom stereocenters. The van der Waals surface area contributed by atoms with Crippen molar-refractivity contribution in [3.8, 4) is 0 Å². The van der Waals surface area contributed by atoms with Gasteiger partial charge in [0.15, 0.2) is 21.4 Å². The first-order chi connectivity index (χ1) is 13.3. The van der Waals surface area contributed by atoms with Crippen LogP contribution in [0.15, 0.2) is 64.1 Å². The van der Waals surface area contributed by atoms with Gasteiger partial charge in [-0.05, 0) is 35.4 Å². The molecule has 3 rings (SSSR count). The summed E-state index contributed by atoms with van der Waals surface area (Å²) in [5.41, 5.74) is 1.54. The maximum Gasteiger partial charge on any atom is 0.273 e. The average molecular weight is 419 g/mol. The van der Waals surface area contributed by atoms with Crippen LogP contribution in [0.2, 0.25) is 5.02 Å². The van der Waals surface area contributed by atoms with E-state index in [4.69, 9.17) is 16.0 Å². The number of nitrogens with zero attached hydrogens (tertiary/aromatic N) is 1. The Bertz CT molecular complexity index is 1090. The number of aromatic nitrogens is 1. The van der Waals surface area contributed by atoms with E-state index in [0.29, 0.717) is 22.9 Å². The maximum absolute atomic E-state index is 12.7. The van der Waals surface area contributed by atoms with Crippen molar-refractivity contribution in [3.05, 3.63) is 82.5 Å². The van der Waals surface area contributed by atoms with Crippen molar-refractivity contribution in [2.75, 3.05) is 6.26 Å². The van der Waals surface area contributed by atoms with Crippen LogP contribution in [-0.4, -0.2) is 25.6 Å². The smallest absolute Gasteiger partial charge is 0.273 e. The number of hydrogen-bond acceptors (Lipinski definition) is 5. The van der Waals surface area contributed by atoms with Gasteiger partial charge < -0.3 is 9.73 Å². The fraction of sp³-hybridized carbons (Fsp3) is 0.200. The zero-order valence-corrected chi connectivity index (χ0v) is 16.9. The SMILES string of the molecule is CCc1nc(C(=O)N[C@@H](c2ccc(Cl)cc2)c2cccc(S(C)(=O)=O)c2)co1. The third-order valence-corrected chi connectivity index (χ3v) is 5.55. The van der Waals surface area contributed by atoms with E-state index in [1.54, 1.807) is 42.5 Å². The third-order valence-electron chi connectivity index (χ3n) is 4.19. The molecule has 0 aliphatic heterocycles.